The molecule has 1 heterocycles. The zero-order valence-electron chi connectivity index (χ0n) is 9.41. The highest BCUT2D eigenvalue weighted by atomic mass is 19.4. The van der Waals surface area contributed by atoms with Crippen molar-refractivity contribution in [2.75, 3.05) is 26.1 Å². The molecular formula is C10H13F3N2O2. The van der Waals surface area contributed by atoms with E-state index in [-0.39, 0.29) is 12.4 Å². The lowest BCUT2D eigenvalue weighted by Crippen LogP contribution is -2.24. The Hall–Kier alpha value is -1.34. The first-order chi connectivity index (χ1) is 7.97. The van der Waals surface area contributed by atoms with Gasteiger partial charge < -0.3 is 14.8 Å². The Bertz CT molecular complexity index is 354. The van der Waals surface area contributed by atoms with Crippen molar-refractivity contribution in [3.8, 4) is 0 Å². The van der Waals surface area contributed by atoms with Gasteiger partial charge in [0, 0.05) is 20.4 Å². The average Bonchev–Trinajstić information content (AvgIpc) is 2.30. The number of alkyl halides is 3. The third-order valence-corrected chi connectivity index (χ3v) is 2.06. The molecular weight excluding hydrogens is 237 g/mol. The van der Waals surface area contributed by atoms with Crippen LogP contribution in [0.1, 0.15) is 5.56 Å². The molecule has 1 aromatic heterocycles. The molecule has 0 aliphatic heterocycles. The summed E-state index contributed by atoms with van der Waals surface area (Å²) in [6.45, 7) is 0.210. The van der Waals surface area contributed by atoms with Gasteiger partial charge in [0.2, 0.25) is 0 Å². The molecule has 0 bridgehead atoms. The topological polar surface area (TPSA) is 43.4 Å². The number of hydrogen-bond acceptors (Lipinski definition) is 4. The van der Waals surface area contributed by atoms with Gasteiger partial charge in [0.1, 0.15) is 5.82 Å². The van der Waals surface area contributed by atoms with Crippen LogP contribution < -0.4 is 5.32 Å². The van der Waals surface area contributed by atoms with Crippen LogP contribution in [0.5, 0.6) is 0 Å². The predicted molar refractivity (Wildman–Crippen MR) is 55.5 cm³/mol. The average molecular weight is 250 g/mol. The second kappa shape index (κ2) is 5.83. The molecule has 0 saturated carbocycles. The Morgan fingerprint density at radius 2 is 2.00 bits per heavy atom. The molecule has 96 valence electrons. The van der Waals surface area contributed by atoms with Crippen LogP contribution in [-0.4, -0.2) is 32.0 Å². The van der Waals surface area contributed by atoms with E-state index in [9.17, 15) is 13.2 Å². The maximum absolute atomic E-state index is 12.4. The second-order valence-electron chi connectivity index (χ2n) is 3.21. The van der Waals surface area contributed by atoms with Crippen LogP contribution in [0.4, 0.5) is 19.0 Å². The van der Waals surface area contributed by atoms with Crippen molar-refractivity contribution in [2.45, 2.75) is 12.5 Å². The highest BCUT2D eigenvalue weighted by molar-refractivity contribution is 5.38. The highest BCUT2D eigenvalue weighted by Crippen LogP contribution is 2.29. The third kappa shape index (κ3) is 4.20. The first-order valence-corrected chi connectivity index (χ1v) is 4.80. The zero-order chi connectivity index (χ0) is 12.9. The summed E-state index contributed by atoms with van der Waals surface area (Å²) in [7, 11) is 2.88. The molecule has 17 heavy (non-hydrogen) atoms. The summed E-state index contributed by atoms with van der Waals surface area (Å²) in [6, 6.07) is 1.84. The van der Waals surface area contributed by atoms with E-state index >= 15 is 0 Å². The lowest BCUT2D eigenvalue weighted by molar-refractivity contribution is -0.137. The quantitative estimate of drug-likeness (QED) is 0.813. The number of nitrogens with zero attached hydrogens (tertiary/aromatic N) is 1. The van der Waals surface area contributed by atoms with E-state index in [1.165, 1.54) is 14.2 Å². The number of aromatic nitrogens is 1. The fourth-order valence-corrected chi connectivity index (χ4v) is 1.15. The van der Waals surface area contributed by atoms with E-state index in [1.54, 1.807) is 0 Å². The Kier molecular flexibility index (Phi) is 4.71. The van der Waals surface area contributed by atoms with Crippen molar-refractivity contribution < 1.29 is 22.6 Å². The van der Waals surface area contributed by atoms with Crippen molar-refractivity contribution in [3.05, 3.63) is 23.9 Å². The van der Waals surface area contributed by atoms with Crippen LogP contribution in [0.3, 0.4) is 0 Å². The number of rotatable bonds is 5. The van der Waals surface area contributed by atoms with Gasteiger partial charge in [-0.05, 0) is 12.1 Å². The summed E-state index contributed by atoms with van der Waals surface area (Å²) < 4.78 is 47.0. The van der Waals surface area contributed by atoms with E-state index in [4.69, 9.17) is 9.47 Å². The summed E-state index contributed by atoms with van der Waals surface area (Å²) in [5, 5.41) is 2.70. The van der Waals surface area contributed by atoms with Crippen molar-refractivity contribution in [2.24, 2.45) is 0 Å². The van der Waals surface area contributed by atoms with E-state index in [0.717, 1.165) is 18.3 Å². The highest BCUT2D eigenvalue weighted by Gasteiger charge is 2.30. The number of hydrogen-bond donors (Lipinski definition) is 1. The minimum absolute atomic E-state index is 0.124. The summed E-state index contributed by atoms with van der Waals surface area (Å²) >= 11 is 0. The molecule has 0 radical (unpaired) electrons. The molecule has 0 atom stereocenters. The predicted octanol–water partition coefficient (Wildman–Crippen LogP) is 2.13. The van der Waals surface area contributed by atoms with Crippen LogP contribution in [0.2, 0.25) is 0 Å². The van der Waals surface area contributed by atoms with Gasteiger partial charge in [0.15, 0.2) is 6.29 Å². The molecule has 7 heteroatoms. The molecule has 0 saturated heterocycles. The molecule has 0 unspecified atom stereocenters. The van der Waals surface area contributed by atoms with Crippen LogP contribution in [0, 0.1) is 0 Å². The molecule has 0 spiro atoms. The minimum atomic E-state index is -4.37. The van der Waals surface area contributed by atoms with Gasteiger partial charge >= 0.3 is 6.18 Å². The number of pyridine rings is 1. The zero-order valence-corrected chi connectivity index (χ0v) is 9.41. The normalized spacial score (nSPS) is 11.9. The van der Waals surface area contributed by atoms with Crippen molar-refractivity contribution in [1.29, 1.82) is 0 Å². The van der Waals surface area contributed by atoms with Gasteiger partial charge in [0.05, 0.1) is 12.1 Å². The molecule has 4 nitrogen and oxygen atoms in total. The minimum Gasteiger partial charge on any atom is -0.365 e. The molecule has 0 aliphatic rings. The Labute approximate surface area is 96.7 Å². The summed E-state index contributed by atoms with van der Waals surface area (Å²) in [4.78, 5) is 3.77. The van der Waals surface area contributed by atoms with E-state index in [2.05, 4.69) is 10.3 Å². The van der Waals surface area contributed by atoms with E-state index < -0.39 is 18.0 Å². The first kappa shape index (κ1) is 13.7. The largest absolute Gasteiger partial charge is 0.416 e. The summed E-state index contributed by atoms with van der Waals surface area (Å²) in [5.41, 5.74) is -0.749. The van der Waals surface area contributed by atoms with Crippen LogP contribution in [-0.2, 0) is 15.7 Å². The molecule has 0 aliphatic carbocycles. The Morgan fingerprint density at radius 3 is 2.53 bits per heavy atom. The summed E-state index contributed by atoms with van der Waals surface area (Å²) in [5.74, 6) is 0.124. The van der Waals surface area contributed by atoms with Crippen molar-refractivity contribution >= 4 is 5.82 Å². The molecule has 0 aromatic carbocycles. The monoisotopic (exact) mass is 250 g/mol. The number of methoxy groups -OCH3 is 2. The van der Waals surface area contributed by atoms with Gasteiger partial charge in [-0.25, -0.2) is 4.98 Å². The van der Waals surface area contributed by atoms with Crippen LogP contribution in [0.15, 0.2) is 18.3 Å². The maximum atomic E-state index is 12.4. The lowest BCUT2D eigenvalue weighted by atomic mass is 10.2. The standard InChI is InChI=1S/C10H13F3N2O2/c1-16-9(17-2)6-15-8-5-7(3-4-14-8)10(11,12)13/h3-5,9H,6H2,1-2H3,(H,14,15). The smallest absolute Gasteiger partial charge is 0.365 e. The first-order valence-electron chi connectivity index (χ1n) is 4.80. The van der Waals surface area contributed by atoms with E-state index in [0.29, 0.717) is 0 Å². The van der Waals surface area contributed by atoms with Crippen molar-refractivity contribution in [1.82, 2.24) is 4.98 Å². The molecule has 0 amide bonds. The van der Waals surface area contributed by atoms with Gasteiger partial charge in [-0.2, -0.15) is 13.2 Å². The maximum Gasteiger partial charge on any atom is 0.416 e. The van der Waals surface area contributed by atoms with Gasteiger partial charge in [0.25, 0.3) is 0 Å². The van der Waals surface area contributed by atoms with E-state index in [1.807, 2.05) is 0 Å². The number of anilines is 1. The third-order valence-electron chi connectivity index (χ3n) is 2.06. The lowest BCUT2D eigenvalue weighted by Gasteiger charge is -2.15. The Morgan fingerprint density at radius 1 is 1.35 bits per heavy atom. The van der Waals surface area contributed by atoms with Gasteiger partial charge in [-0.1, -0.05) is 0 Å². The van der Waals surface area contributed by atoms with Crippen molar-refractivity contribution in [3.63, 3.8) is 0 Å². The Balaban J connectivity index is 2.66. The number of nitrogens with one attached hydrogen (secondary N) is 1. The fraction of sp³-hybridized carbons (Fsp3) is 0.500. The van der Waals surface area contributed by atoms with Crippen LogP contribution >= 0.6 is 0 Å². The second-order valence-corrected chi connectivity index (χ2v) is 3.21. The molecule has 0 fully saturated rings. The molecule has 1 N–H and O–H groups in total. The van der Waals surface area contributed by atoms with Gasteiger partial charge in [-0.15, -0.1) is 0 Å². The number of halogens is 3. The molecule has 1 rings (SSSR count). The fourth-order valence-electron chi connectivity index (χ4n) is 1.15. The number of ether oxygens (including phenoxy) is 2. The van der Waals surface area contributed by atoms with Crippen LogP contribution in [0.25, 0.3) is 0 Å². The SMILES string of the molecule is COC(CNc1cc(C(F)(F)F)ccn1)OC. The molecule has 1 aromatic rings. The van der Waals surface area contributed by atoms with Gasteiger partial charge in [-0.3, -0.25) is 0 Å². The summed E-state index contributed by atoms with van der Waals surface area (Å²) in [6.07, 6.45) is -3.81.